The predicted molar refractivity (Wildman–Crippen MR) is 54.7 cm³/mol. The maximum atomic E-state index is 10.4. The van der Waals surface area contributed by atoms with Gasteiger partial charge in [-0.15, -0.1) is 0 Å². The van der Waals surface area contributed by atoms with Gasteiger partial charge in [-0.25, -0.2) is 18.5 Å². The number of carbonyl (C=O) groups is 1. The molecule has 0 amide bonds. The summed E-state index contributed by atoms with van der Waals surface area (Å²) in [5, 5.41) is 13.9. The summed E-state index contributed by atoms with van der Waals surface area (Å²) in [5.41, 5.74) is 0. The largest absolute Gasteiger partial charge is 2.00 e. The van der Waals surface area contributed by atoms with Crippen LogP contribution in [0.15, 0.2) is 0 Å². The summed E-state index contributed by atoms with van der Waals surface area (Å²) < 4.78 is 36.4. The minimum atomic E-state index is -5.46. The van der Waals surface area contributed by atoms with Crippen LogP contribution in [0.2, 0.25) is 0 Å². The molecule has 19 heavy (non-hydrogen) atoms. The molecule has 0 saturated carbocycles. The molecule has 0 aromatic carbocycles. The Kier molecular flexibility index (Phi) is 16.9. The zero-order chi connectivity index (χ0) is 14.5. The molecule has 0 bridgehead atoms. The molecule has 0 radical (unpaired) electrons. The van der Waals surface area contributed by atoms with E-state index in [9.17, 15) is 13.7 Å². The number of rotatable bonds is 4. The van der Waals surface area contributed by atoms with Crippen LogP contribution in [0.25, 0.3) is 0 Å². The van der Waals surface area contributed by atoms with Crippen LogP contribution in [-0.4, -0.2) is 78.6 Å². The first-order valence-corrected chi connectivity index (χ1v) is 7.49. The van der Waals surface area contributed by atoms with Gasteiger partial charge in [0, 0.05) is 19.5 Å². The topological polar surface area (TPSA) is 228 Å². The smallest absolute Gasteiger partial charge is 1.00 e. The van der Waals surface area contributed by atoms with Crippen LogP contribution >= 0.6 is 23.5 Å². The Morgan fingerprint density at radius 2 is 1.00 bits per heavy atom. The van der Waals surface area contributed by atoms with Crippen LogP contribution in [0.5, 0.6) is 0 Å². The van der Waals surface area contributed by atoms with Gasteiger partial charge in [-0.2, -0.15) is 8.62 Å². The summed E-state index contributed by atoms with van der Waals surface area (Å²) >= 11 is 0. The van der Waals surface area contributed by atoms with Crippen molar-refractivity contribution in [1.29, 1.82) is 0 Å². The summed E-state index contributed by atoms with van der Waals surface area (Å²) in [5.74, 6) is 0. The molecule has 0 unspecified atom stereocenters. The molecule has 0 aromatic rings. The molecule has 0 aliphatic heterocycles. The average Bonchev–Trinajstić information content (AvgIpc) is 1.68. The first kappa shape index (κ1) is 28.7. The Bertz CT molecular complexity index is 370. The molecule has 0 saturated heterocycles. The molecule has 110 valence electrons. The van der Waals surface area contributed by atoms with Crippen molar-refractivity contribution < 1.29 is 84.1 Å². The van der Waals surface area contributed by atoms with Gasteiger partial charge in [0.05, 0.1) is 0 Å². The molecule has 13 nitrogen and oxygen atoms in total. The summed E-state index contributed by atoms with van der Waals surface area (Å²) in [7, 11) is -16.2. The van der Waals surface area contributed by atoms with Gasteiger partial charge < -0.3 is 37.5 Å². The van der Waals surface area contributed by atoms with E-state index in [0.717, 1.165) is 0 Å². The maximum absolute atomic E-state index is 10.4. The van der Waals surface area contributed by atoms with Crippen LogP contribution in [0.3, 0.4) is 0 Å². The molecule has 0 fully saturated rings. The minimum Gasteiger partial charge on any atom is -1.00 e. The van der Waals surface area contributed by atoms with E-state index in [0.29, 0.717) is 0 Å². The molecule has 0 aliphatic carbocycles. The molecule has 18 heteroatoms. The van der Waals surface area contributed by atoms with Crippen molar-refractivity contribution in [3.05, 3.63) is 0 Å². The van der Waals surface area contributed by atoms with Gasteiger partial charge >= 0.3 is 67.4 Å². The monoisotopic (exact) mass is 426 g/mol. The van der Waals surface area contributed by atoms with Gasteiger partial charge in [0.1, 0.15) is 0 Å². The van der Waals surface area contributed by atoms with Crippen molar-refractivity contribution in [3.8, 4) is 0 Å². The molecule has 0 aromatic heterocycles. The number of carboxylic acid groups (broad SMARTS) is 2. The van der Waals surface area contributed by atoms with Crippen LogP contribution in [0.4, 0.5) is 4.79 Å². The maximum Gasteiger partial charge on any atom is 2.00 e. The van der Waals surface area contributed by atoms with Gasteiger partial charge in [-0.3, -0.25) is 0 Å². The summed E-state index contributed by atoms with van der Waals surface area (Å²) in [6, 6.07) is 0. The normalized spacial score (nSPS) is 11.2. The Morgan fingerprint density at radius 3 is 1.11 bits per heavy atom. The third kappa shape index (κ3) is 32.8. The van der Waals surface area contributed by atoms with Crippen LogP contribution in [0, 0.1) is 0 Å². The van der Waals surface area contributed by atoms with E-state index in [4.69, 9.17) is 39.5 Å². The van der Waals surface area contributed by atoms with E-state index in [1.165, 1.54) is 0 Å². The Hall–Kier alpha value is 1.56. The van der Waals surface area contributed by atoms with Crippen molar-refractivity contribution in [1.82, 2.24) is 0 Å². The van der Waals surface area contributed by atoms with Crippen molar-refractivity contribution in [2.75, 3.05) is 0 Å². The molecular formula is CH9CaO13P3Zn. The number of phosphoric acid groups is 3. The molecule has 7 N–H and O–H groups in total. The van der Waals surface area contributed by atoms with Gasteiger partial charge in [-0.1, -0.05) is 0 Å². The molecule has 0 atom stereocenters. The molecule has 0 heterocycles. The van der Waals surface area contributed by atoms with Crippen molar-refractivity contribution in [2.24, 2.45) is 0 Å². The van der Waals surface area contributed by atoms with E-state index in [1.54, 1.807) is 0 Å². The van der Waals surface area contributed by atoms with Crippen LogP contribution < -0.4 is 0 Å². The molecule has 0 rings (SSSR count). The first-order chi connectivity index (χ1) is 7.15. The third-order valence-corrected chi connectivity index (χ3v) is 3.77. The fourth-order valence-electron chi connectivity index (χ4n) is 0.284. The van der Waals surface area contributed by atoms with E-state index in [2.05, 4.69) is 8.62 Å². The van der Waals surface area contributed by atoms with E-state index in [-0.39, 0.29) is 60.1 Å². The van der Waals surface area contributed by atoms with Crippen LogP contribution in [-0.2, 0) is 41.8 Å². The molecule has 0 spiro atoms. The Balaban J connectivity index is -0.0000000629. The minimum absolute atomic E-state index is 0. The SMILES string of the molecule is O=C(O)O.O=P(O)(O)OP(=O)(O)OP(=O)(O)O.[Ca+2].[H-].[H-].[Zn]. The van der Waals surface area contributed by atoms with Crippen molar-refractivity contribution >= 4 is 67.4 Å². The second kappa shape index (κ2) is 11.2. The number of hydrogen-bond donors (Lipinski definition) is 7. The van der Waals surface area contributed by atoms with Crippen LogP contribution in [0.1, 0.15) is 2.85 Å². The average molecular weight is 427 g/mol. The Morgan fingerprint density at radius 1 is 0.842 bits per heavy atom. The van der Waals surface area contributed by atoms with Crippen molar-refractivity contribution in [2.45, 2.75) is 0 Å². The third-order valence-electron chi connectivity index (χ3n) is 0.419. The zero-order valence-corrected chi connectivity index (χ0v) is 16.7. The first-order valence-electron chi connectivity index (χ1n) is 2.93. The Labute approximate surface area is 150 Å². The van der Waals surface area contributed by atoms with Gasteiger partial charge in [0.2, 0.25) is 0 Å². The summed E-state index contributed by atoms with van der Waals surface area (Å²) in [6.45, 7) is 0. The zero-order valence-electron chi connectivity index (χ0n) is 10.8. The van der Waals surface area contributed by atoms with Gasteiger partial charge in [0.25, 0.3) is 0 Å². The van der Waals surface area contributed by atoms with Gasteiger partial charge in [0.15, 0.2) is 0 Å². The fourth-order valence-corrected chi connectivity index (χ4v) is 2.82. The molecule has 0 aliphatic rings. The van der Waals surface area contributed by atoms with Gasteiger partial charge in [-0.05, 0) is 0 Å². The predicted octanol–water partition coefficient (Wildman–Crippen LogP) is -0.631. The standard InChI is InChI=1S/CH2O3.Ca.H5O10P3.Zn.2H/c2-1(3)4;;1-11(2,3)9-13(7,8)10-12(4,5)6;;;/h(H2,2,3,4);;(H,7,8)(H2,1,2,3)(H2,4,5,6);;;/q;+2;;;2*-1. The molecular weight excluding hydrogens is 418 g/mol. The number of hydrogen-bond acceptors (Lipinski definition) is 6. The van der Waals surface area contributed by atoms with E-state index < -0.39 is 29.6 Å². The van der Waals surface area contributed by atoms with E-state index >= 15 is 0 Å². The summed E-state index contributed by atoms with van der Waals surface area (Å²) in [6.07, 6.45) is -1.83. The van der Waals surface area contributed by atoms with Crippen molar-refractivity contribution in [3.63, 3.8) is 0 Å². The van der Waals surface area contributed by atoms with E-state index in [1.807, 2.05) is 0 Å². The second-order valence-corrected chi connectivity index (χ2v) is 6.10. The quantitative estimate of drug-likeness (QED) is 0.219. The summed E-state index contributed by atoms with van der Waals surface area (Å²) in [4.78, 5) is 48.8. The second-order valence-electron chi connectivity index (χ2n) is 1.90. The fraction of sp³-hybridized carbons (Fsp3) is 0.